The molecule has 19 heavy (non-hydrogen) atoms. The van der Waals surface area contributed by atoms with Gasteiger partial charge in [-0.15, -0.1) is 0 Å². The number of hydrogen-bond donors (Lipinski definition) is 2. The molecule has 0 heterocycles. The first-order chi connectivity index (χ1) is 9.13. The van der Waals surface area contributed by atoms with Crippen LogP contribution in [0.5, 0.6) is 0 Å². The Hall–Kier alpha value is -0.570. The minimum atomic E-state index is 0.143. The molecule has 110 valence electrons. The van der Waals surface area contributed by atoms with E-state index in [0.29, 0.717) is 13.0 Å². The van der Waals surface area contributed by atoms with E-state index in [0.717, 1.165) is 37.6 Å². The van der Waals surface area contributed by atoms with E-state index in [9.17, 15) is 4.79 Å². The molecule has 0 spiro atoms. The number of hydrogen-bond acceptors (Lipinski definition) is 2. The first-order valence-corrected chi connectivity index (χ1v) is 8.10. The maximum Gasteiger partial charge on any atom is 0.220 e. The van der Waals surface area contributed by atoms with Gasteiger partial charge in [0.2, 0.25) is 5.91 Å². The van der Waals surface area contributed by atoms with Gasteiger partial charge >= 0.3 is 0 Å². The molecule has 0 aromatic rings. The SMILES string of the molecule is CC1CCC(CCNC(=O)CC2(CN)CCC2)CC1. The predicted octanol–water partition coefficient (Wildman–Crippen LogP) is 2.84. The molecule has 0 aliphatic heterocycles. The Labute approximate surface area is 117 Å². The molecule has 2 saturated carbocycles. The number of nitrogens with two attached hydrogens (primary N) is 1. The van der Waals surface area contributed by atoms with Crippen molar-refractivity contribution in [2.45, 2.75) is 64.7 Å². The molecule has 0 atom stereocenters. The predicted molar refractivity (Wildman–Crippen MR) is 78.7 cm³/mol. The summed E-state index contributed by atoms with van der Waals surface area (Å²) in [6, 6.07) is 0. The van der Waals surface area contributed by atoms with Crippen molar-refractivity contribution in [2.75, 3.05) is 13.1 Å². The summed E-state index contributed by atoms with van der Waals surface area (Å²) in [7, 11) is 0. The Bertz CT molecular complexity index is 286. The van der Waals surface area contributed by atoms with Gasteiger partial charge in [-0.3, -0.25) is 4.79 Å². The van der Waals surface area contributed by atoms with Gasteiger partial charge in [-0.25, -0.2) is 0 Å². The van der Waals surface area contributed by atoms with Crippen LogP contribution < -0.4 is 11.1 Å². The smallest absolute Gasteiger partial charge is 0.220 e. The van der Waals surface area contributed by atoms with Crippen LogP contribution >= 0.6 is 0 Å². The van der Waals surface area contributed by atoms with Crippen LogP contribution in [0.15, 0.2) is 0 Å². The fourth-order valence-corrected chi connectivity index (χ4v) is 3.57. The van der Waals surface area contributed by atoms with E-state index in [-0.39, 0.29) is 11.3 Å². The summed E-state index contributed by atoms with van der Waals surface area (Å²) < 4.78 is 0. The molecule has 0 saturated heterocycles. The zero-order valence-electron chi connectivity index (χ0n) is 12.4. The maximum atomic E-state index is 11.9. The van der Waals surface area contributed by atoms with Crippen LogP contribution in [0.3, 0.4) is 0 Å². The molecule has 3 heteroatoms. The number of nitrogens with one attached hydrogen (secondary N) is 1. The van der Waals surface area contributed by atoms with E-state index < -0.39 is 0 Å². The van der Waals surface area contributed by atoms with E-state index in [1.165, 1.54) is 32.1 Å². The van der Waals surface area contributed by atoms with Crippen LogP contribution in [-0.2, 0) is 4.79 Å². The van der Waals surface area contributed by atoms with Gasteiger partial charge in [-0.05, 0) is 43.1 Å². The van der Waals surface area contributed by atoms with Crippen molar-refractivity contribution in [1.29, 1.82) is 0 Å². The largest absolute Gasteiger partial charge is 0.356 e. The lowest BCUT2D eigenvalue weighted by Crippen LogP contribution is -2.42. The third kappa shape index (κ3) is 4.20. The zero-order valence-corrected chi connectivity index (χ0v) is 12.4. The number of rotatable bonds is 6. The summed E-state index contributed by atoms with van der Waals surface area (Å²) in [6.07, 6.45) is 10.8. The minimum absolute atomic E-state index is 0.143. The Morgan fingerprint density at radius 3 is 2.47 bits per heavy atom. The standard InChI is InChI=1S/C16H30N2O/c1-13-3-5-14(6-4-13)7-10-18-15(19)11-16(12-17)8-2-9-16/h13-14H,2-12,17H2,1H3,(H,18,19). The third-order valence-corrected chi connectivity index (χ3v) is 5.39. The highest BCUT2D eigenvalue weighted by atomic mass is 16.1. The highest BCUT2D eigenvalue weighted by Gasteiger charge is 2.37. The van der Waals surface area contributed by atoms with Crippen LogP contribution in [0.1, 0.15) is 64.7 Å². The van der Waals surface area contributed by atoms with E-state index >= 15 is 0 Å². The van der Waals surface area contributed by atoms with Crippen LogP contribution in [0, 0.1) is 17.3 Å². The van der Waals surface area contributed by atoms with Crippen LogP contribution in [0.25, 0.3) is 0 Å². The van der Waals surface area contributed by atoms with Crippen molar-refractivity contribution in [3.05, 3.63) is 0 Å². The van der Waals surface area contributed by atoms with Crippen molar-refractivity contribution >= 4 is 5.91 Å². The highest BCUT2D eigenvalue weighted by Crippen LogP contribution is 2.42. The fourth-order valence-electron chi connectivity index (χ4n) is 3.57. The molecule has 0 aromatic heterocycles. The topological polar surface area (TPSA) is 55.1 Å². The Morgan fingerprint density at radius 2 is 1.95 bits per heavy atom. The van der Waals surface area contributed by atoms with Gasteiger partial charge in [0.05, 0.1) is 0 Å². The minimum Gasteiger partial charge on any atom is -0.356 e. The lowest BCUT2D eigenvalue weighted by molar-refractivity contribution is -0.124. The molecule has 3 N–H and O–H groups in total. The lowest BCUT2D eigenvalue weighted by Gasteiger charge is -2.40. The molecule has 2 aliphatic carbocycles. The molecule has 0 unspecified atom stereocenters. The van der Waals surface area contributed by atoms with E-state index in [1.54, 1.807) is 0 Å². The molecular formula is C16H30N2O. The van der Waals surface area contributed by atoms with E-state index in [4.69, 9.17) is 5.73 Å². The van der Waals surface area contributed by atoms with Crippen molar-refractivity contribution in [3.63, 3.8) is 0 Å². The summed E-state index contributed by atoms with van der Waals surface area (Å²) >= 11 is 0. The number of amides is 1. The molecule has 2 aliphatic rings. The van der Waals surface area contributed by atoms with Gasteiger partial charge in [0, 0.05) is 13.0 Å². The van der Waals surface area contributed by atoms with Gasteiger partial charge in [0.25, 0.3) is 0 Å². The summed E-state index contributed by atoms with van der Waals surface area (Å²) in [6.45, 7) is 3.88. The Balaban J connectivity index is 1.59. The second-order valence-corrected chi connectivity index (χ2v) is 7.00. The molecular weight excluding hydrogens is 236 g/mol. The van der Waals surface area contributed by atoms with Crippen LogP contribution in [-0.4, -0.2) is 19.0 Å². The zero-order chi connectivity index (χ0) is 13.7. The van der Waals surface area contributed by atoms with Gasteiger partial charge in [0.15, 0.2) is 0 Å². The number of carbonyl (C=O) groups is 1. The fraction of sp³-hybridized carbons (Fsp3) is 0.938. The molecule has 0 radical (unpaired) electrons. The van der Waals surface area contributed by atoms with Gasteiger partial charge in [-0.2, -0.15) is 0 Å². The summed E-state index contributed by atoms with van der Waals surface area (Å²) in [5, 5.41) is 3.10. The van der Waals surface area contributed by atoms with E-state index in [2.05, 4.69) is 12.2 Å². The van der Waals surface area contributed by atoms with E-state index in [1.807, 2.05) is 0 Å². The summed E-state index contributed by atoms with van der Waals surface area (Å²) in [4.78, 5) is 11.9. The first kappa shape index (κ1) is 14.8. The molecule has 1 amide bonds. The van der Waals surface area contributed by atoms with Gasteiger partial charge in [-0.1, -0.05) is 39.0 Å². The molecule has 3 nitrogen and oxygen atoms in total. The van der Waals surface area contributed by atoms with Crippen molar-refractivity contribution < 1.29 is 4.79 Å². The second-order valence-electron chi connectivity index (χ2n) is 7.00. The average molecular weight is 266 g/mol. The van der Waals surface area contributed by atoms with Crippen LogP contribution in [0.2, 0.25) is 0 Å². The normalized spacial score (nSPS) is 29.6. The molecule has 0 aromatic carbocycles. The second kappa shape index (κ2) is 6.74. The highest BCUT2D eigenvalue weighted by molar-refractivity contribution is 5.76. The summed E-state index contributed by atoms with van der Waals surface area (Å²) in [5.74, 6) is 1.96. The van der Waals surface area contributed by atoms with Crippen molar-refractivity contribution in [2.24, 2.45) is 23.0 Å². The van der Waals surface area contributed by atoms with Gasteiger partial charge in [0.1, 0.15) is 0 Å². The first-order valence-electron chi connectivity index (χ1n) is 8.10. The molecule has 0 bridgehead atoms. The average Bonchev–Trinajstić information content (AvgIpc) is 2.36. The maximum absolute atomic E-state index is 11.9. The van der Waals surface area contributed by atoms with Crippen LogP contribution in [0.4, 0.5) is 0 Å². The third-order valence-electron chi connectivity index (χ3n) is 5.39. The lowest BCUT2D eigenvalue weighted by atomic mass is 9.66. The molecule has 2 fully saturated rings. The van der Waals surface area contributed by atoms with Crippen molar-refractivity contribution in [1.82, 2.24) is 5.32 Å². The Kier molecular flexibility index (Phi) is 5.26. The Morgan fingerprint density at radius 1 is 1.26 bits per heavy atom. The monoisotopic (exact) mass is 266 g/mol. The van der Waals surface area contributed by atoms with Crippen molar-refractivity contribution in [3.8, 4) is 0 Å². The summed E-state index contributed by atoms with van der Waals surface area (Å²) in [5.41, 5.74) is 5.94. The quantitative estimate of drug-likeness (QED) is 0.776. The van der Waals surface area contributed by atoms with Gasteiger partial charge < -0.3 is 11.1 Å². The molecule has 2 rings (SSSR count). The number of carbonyl (C=O) groups excluding carboxylic acids is 1.